The van der Waals surface area contributed by atoms with Gasteiger partial charge < -0.3 is 5.32 Å². The molecule has 0 bridgehead atoms. The van der Waals surface area contributed by atoms with E-state index in [4.69, 9.17) is 0 Å². The highest BCUT2D eigenvalue weighted by Crippen LogP contribution is 2.26. The van der Waals surface area contributed by atoms with Crippen molar-refractivity contribution in [2.24, 2.45) is 0 Å². The summed E-state index contributed by atoms with van der Waals surface area (Å²) in [5, 5.41) is 15.0. The number of benzene rings is 1. The topological polar surface area (TPSA) is 105 Å². The second kappa shape index (κ2) is 6.64. The Labute approximate surface area is 117 Å². The van der Waals surface area contributed by atoms with E-state index >= 15 is 0 Å². The van der Waals surface area contributed by atoms with Gasteiger partial charge in [0.05, 0.1) is 10.6 Å². The molecule has 1 rings (SSSR count). The smallest absolute Gasteiger partial charge is 0.270 e. The van der Waals surface area contributed by atoms with Crippen molar-refractivity contribution in [3.63, 3.8) is 0 Å². The van der Waals surface area contributed by atoms with Gasteiger partial charge in [-0.3, -0.25) is 10.1 Å². The van der Waals surface area contributed by atoms with Crippen molar-refractivity contribution in [3.05, 3.63) is 28.3 Å². The molecule has 0 radical (unpaired) electrons. The molecular formula is C11H18N4O4S. The number of hydrogen-bond donors (Lipinski definition) is 2. The van der Waals surface area contributed by atoms with Crippen LogP contribution in [0, 0.1) is 10.1 Å². The van der Waals surface area contributed by atoms with Gasteiger partial charge in [0.2, 0.25) is 0 Å². The monoisotopic (exact) mass is 302 g/mol. The van der Waals surface area contributed by atoms with Crippen molar-refractivity contribution in [2.75, 3.05) is 26.0 Å². The fourth-order valence-electron chi connectivity index (χ4n) is 1.54. The summed E-state index contributed by atoms with van der Waals surface area (Å²) in [5.41, 5.74) is 0.0676. The second-order valence-corrected chi connectivity index (χ2v) is 5.98. The molecule has 0 saturated heterocycles. The fourth-order valence-corrected chi connectivity index (χ4v) is 2.83. The van der Waals surface area contributed by atoms with Crippen molar-refractivity contribution in [3.8, 4) is 0 Å². The van der Waals surface area contributed by atoms with Crippen LogP contribution < -0.4 is 10.1 Å². The first-order chi connectivity index (χ1) is 9.27. The molecule has 0 aliphatic heterocycles. The third-order valence-corrected chi connectivity index (χ3v) is 3.86. The van der Waals surface area contributed by atoms with Gasteiger partial charge in [0, 0.05) is 32.8 Å². The van der Waals surface area contributed by atoms with Gasteiger partial charge in [0.25, 0.3) is 15.7 Å². The zero-order valence-corrected chi connectivity index (χ0v) is 12.4. The normalized spacial score (nSPS) is 11.6. The van der Waals surface area contributed by atoms with Crippen molar-refractivity contribution in [2.45, 2.75) is 18.2 Å². The third-order valence-electron chi connectivity index (χ3n) is 2.33. The molecule has 0 aliphatic carbocycles. The first kappa shape index (κ1) is 16.3. The van der Waals surface area contributed by atoms with Crippen LogP contribution in [0.15, 0.2) is 23.1 Å². The van der Waals surface area contributed by atoms with Gasteiger partial charge in [-0.15, -0.1) is 4.83 Å². The number of rotatable bonds is 7. The van der Waals surface area contributed by atoms with Crippen molar-refractivity contribution in [1.29, 1.82) is 0 Å². The zero-order chi connectivity index (χ0) is 15.3. The van der Waals surface area contributed by atoms with Crippen LogP contribution in [0.2, 0.25) is 0 Å². The lowest BCUT2D eigenvalue weighted by atomic mass is 10.3. The van der Waals surface area contributed by atoms with Crippen LogP contribution in [0.4, 0.5) is 11.4 Å². The van der Waals surface area contributed by atoms with E-state index in [1.54, 1.807) is 0 Å². The van der Waals surface area contributed by atoms with Gasteiger partial charge in [-0.05, 0) is 12.5 Å². The first-order valence-electron chi connectivity index (χ1n) is 6.00. The van der Waals surface area contributed by atoms with Gasteiger partial charge >= 0.3 is 0 Å². The Morgan fingerprint density at radius 1 is 1.35 bits per heavy atom. The number of non-ortho nitro benzene ring substituents is 1. The molecule has 0 saturated carbocycles. The molecule has 0 amide bonds. The summed E-state index contributed by atoms with van der Waals surface area (Å²) in [6, 6.07) is 3.72. The molecule has 20 heavy (non-hydrogen) atoms. The number of nitro groups is 1. The summed E-state index contributed by atoms with van der Waals surface area (Å²) < 4.78 is 24.4. The lowest BCUT2D eigenvalue weighted by Gasteiger charge is -2.16. The molecule has 1 aromatic carbocycles. The standard InChI is InChI=1S/C11H18N4O4S/c1-4-7-12-10-6-5-9(15(16)17)8-11(10)20(18,19)13-14(2)3/h5-6,8,12-13H,4,7H2,1-3H3. The van der Waals surface area contributed by atoms with E-state index < -0.39 is 14.9 Å². The second-order valence-electron chi connectivity index (χ2n) is 4.35. The first-order valence-corrected chi connectivity index (χ1v) is 7.48. The lowest BCUT2D eigenvalue weighted by molar-refractivity contribution is -0.385. The number of sulfonamides is 1. The van der Waals surface area contributed by atoms with Gasteiger partial charge in [0.15, 0.2) is 0 Å². The molecule has 112 valence electrons. The summed E-state index contributed by atoms with van der Waals surface area (Å²) in [6.07, 6.45) is 0.803. The van der Waals surface area contributed by atoms with Crippen molar-refractivity contribution in [1.82, 2.24) is 9.84 Å². The zero-order valence-electron chi connectivity index (χ0n) is 11.6. The van der Waals surface area contributed by atoms with E-state index in [2.05, 4.69) is 10.1 Å². The van der Waals surface area contributed by atoms with Gasteiger partial charge in [-0.1, -0.05) is 6.92 Å². The molecule has 0 atom stereocenters. The third kappa shape index (κ3) is 4.15. The number of nitro benzene ring substituents is 1. The summed E-state index contributed by atoms with van der Waals surface area (Å²) in [5.74, 6) is 0. The largest absolute Gasteiger partial charge is 0.384 e. The quantitative estimate of drug-likeness (QED) is 0.578. The number of nitrogens with zero attached hydrogens (tertiary/aromatic N) is 2. The Hall–Kier alpha value is -1.71. The minimum atomic E-state index is -3.87. The van der Waals surface area contributed by atoms with Crippen LogP contribution in [-0.2, 0) is 10.0 Å². The molecular weight excluding hydrogens is 284 g/mol. The summed E-state index contributed by atoms with van der Waals surface area (Å²) >= 11 is 0. The Kier molecular flexibility index (Phi) is 5.43. The maximum atomic E-state index is 12.2. The summed E-state index contributed by atoms with van der Waals surface area (Å²) in [4.78, 5) is 12.3. The Morgan fingerprint density at radius 3 is 2.50 bits per heavy atom. The predicted octanol–water partition coefficient (Wildman–Crippen LogP) is 1.17. The number of nitrogens with one attached hydrogen (secondary N) is 2. The van der Waals surface area contributed by atoms with Crippen LogP contribution in [-0.4, -0.2) is 39.0 Å². The number of hydrogen-bond acceptors (Lipinski definition) is 6. The minimum Gasteiger partial charge on any atom is -0.384 e. The fraction of sp³-hybridized carbons (Fsp3) is 0.455. The van der Waals surface area contributed by atoms with Crippen LogP contribution in [0.25, 0.3) is 0 Å². The van der Waals surface area contributed by atoms with Crippen LogP contribution >= 0.6 is 0 Å². The van der Waals surface area contributed by atoms with E-state index in [-0.39, 0.29) is 10.6 Å². The molecule has 0 fully saturated rings. The molecule has 0 spiro atoms. The van der Waals surface area contributed by atoms with Gasteiger partial charge in [-0.2, -0.15) is 0 Å². The Bertz CT molecular complexity index is 586. The number of hydrazine groups is 1. The molecule has 0 unspecified atom stereocenters. The van der Waals surface area contributed by atoms with E-state index in [0.717, 1.165) is 12.5 Å². The Balaban J connectivity index is 3.30. The van der Waals surface area contributed by atoms with Crippen molar-refractivity contribution >= 4 is 21.4 Å². The predicted molar refractivity (Wildman–Crippen MR) is 75.9 cm³/mol. The molecule has 0 aromatic heterocycles. The van der Waals surface area contributed by atoms with Crippen LogP contribution in [0.5, 0.6) is 0 Å². The van der Waals surface area contributed by atoms with Crippen LogP contribution in [0.1, 0.15) is 13.3 Å². The van der Waals surface area contributed by atoms with E-state index in [0.29, 0.717) is 12.2 Å². The average molecular weight is 302 g/mol. The highest BCUT2D eigenvalue weighted by Gasteiger charge is 2.22. The van der Waals surface area contributed by atoms with Gasteiger partial charge in [-0.25, -0.2) is 13.4 Å². The maximum Gasteiger partial charge on any atom is 0.270 e. The highest BCUT2D eigenvalue weighted by atomic mass is 32.2. The van der Waals surface area contributed by atoms with Crippen LogP contribution in [0.3, 0.4) is 0 Å². The molecule has 8 nitrogen and oxygen atoms in total. The highest BCUT2D eigenvalue weighted by molar-refractivity contribution is 7.89. The van der Waals surface area contributed by atoms with Crippen molar-refractivity contribution < 1.29 is 13.3 Å². The number of anilines is 1. The summed E-state index contributed by atoms with van der Waals surface area (Å²) in [6.45, 7) is 2.51. The van der Waals surface area contributed by atoms with E-state index in [1.807, 2.05) is 6.92 Å². The molecule has 1 aromatic rings. The average Bonchev–Trinajstić information content (AvgIpc) is 2.34. The Morgan fingerprint density at radius 2 is 2.00 bits per heavy atom. The van der Waals surface area contributed by atoms with E-state index in [1.165, 1.54) is 31.2 Å². The van der Waals surface area contributed by atoms with Gasteiger partial charge in [0.1, 0.15) is 4.90 Å². The maximum absolute atomic E-state index is 12.2. The molecule has 2 N–H and O–H groups in total. The molecule has 0 heterocycles. The van der Waals surface area contributed by atoms with E-state index in [9.17, 15) is 18.5 Å². The molecule has 9 heteroatoms. The molecule has 0 aliphatic rings. The summed E-state index contributed by atoms with van der Waals surface area (Å²) in [7, 11) is -0.824. The minimum absolute atomic E-state index is 0.145. The lowest BCUT2D eigenvalue weighted by Crippen LogP contribution is -2.36. The SMILES string of the molecule is CCCNc1ccc([N+](=O)[O-])cc1S(=O)(=O)NN(C)C.